The molecule has 0 spiro atoms. The van der Waals surface area contributed by atoms with Crippen molar-refractivity contribution in [1.82, 2.24) is 10.4 Å². The van der Waals surface area contributed by atoms with Crippen molar-refractivity contribution < 1.29 is 19.1 Å². The lowest BCUT2D eigenvalue weighted by atomic mass is 10.0. The normalized spacial score (nSPS) is 12.0. The average Bonchev–Trinajstić information content (AvgIpc) is 2.89. The van der Waals surface area contributed by atoms with Gasteiger partial charge in [-0.2, -0.15) is 5.06 Å². The molecule has 6 nitrogen and oxygen atoms in total. The molecule has 0 aromatic rings. The molecule has 0 radical (unpaired) electrons. The standard InChI is InChI=1S/C33H68N2O4/c1-7-9-11-13-15-17-19-21-23-26-31(27-24-22-20-18-16-14-12-10-8-2)39-32(36)34-28-25-29-38-35(6)30-37-33(3,4)5/h31H,7-30H2,1-6H3,(H,34,36). The first-order chi connectivity index (χ1) is 18.8. The van der Waals surface area contributed by atoms with Gasteiger partial charge in [0, 0.05) is 13.6 Å². The molecule has 39 heavy (non-hydrogen) atoms. The van der Waals surface area contributed by atoms with Crippen LogP contribution in [0.5, 0.6) is 0 Å². The van der Waals surface area contributed by atoms with E-state index in [1.165, 1.54) is 103 Å². The van der Waals surface area contributed by atoms with Gasteiger partial charge in [0.05, 0.1) is 12.2 Å². The predicted molar refractivity (Wildman–Crippen MR) is 166 cm³/mol. The maximum absolute atomic E-state index is 12.5. The van der Waals surface area contributed by atoms with Crippen LogP contribution < -0.4 is 5.32 Å². The van der Waals surface area contributed by atoms with Crippen LogP contribution in [0.1, 0.15) is 169 Å². The summed E-state index contributed by atoms with van der Waals surface area (Å²) in [7, 11) is 1.86. The number of rotatable bonds is 28. The number of hydrogen-bond donors (Lipinski definition) is 1. The minimum Gasteiger partial charge on any atom is -0.446 e. The van der Waals surface area contributed by atoms with Crippen molar-refractivity contribution in [3.05, 3.63) is 0 Å². The summed E-state index contributed by atoms with van der Waals surface area (Å²) >= 11 is 0. The summed E-state index contributed by atoms with van der Waals surface area (Å²) in [5.41, 5.74) is -0.192. The van der Waals surface area contributed by atoms with Crippen LogP contribution in [0, 0.1) is 0 Å². The molecule has 0 saturated heterocycles. The first-order valence-corrected chi connectivity index (χ1v) is 16.7. The smallest absolute Gasteiger partial charge is 0.407 e. The van der Waals surface area contributed by atoms with Crippen LogP contribution in [0.15, 0.2) is 0 Å². The fourth-order valence-electron chi connectivity index (χ4n) is 4.63. The van der Waals surface area contributed by atoms with Crippen molar-refractivity contribution in [2.45, 2.75) is 181 Å². The van der Waals surface area contributed by atoms with E-state index in [1.54, 1.807) is 5.06 Å². The monoisotopic (exact) mass is 557 g/mol. The van der Waals surface area contributed by atoms with E-state index in [0.717, 1.165) is 32.1 Å². The van der Waals surface area contributed by atoms with E-state index in [9.17, 15) is 4.79 Å². The van der Waals surface area contributed by atoms with Crippen LogP contribution in [0.3, 0.4) is 0 Å². The number of amides is 1. The zero-order valence-corrected chi connectivity index (χ0v) is 27.1. The van der Waals surface area contributed by atoms with Gasteiger partial charge in [0.1, 0.15) is 12.8 Å². The Hall–Kier alpha value is -0.850. The minimum absolute atomic E-state index is 0.0380. The maximum Gasteiger partial charge on any atom is 0.407 e. The summed E-state index contributed by atoms with van der Waals surface area (Å²) in [5.74, 6) is 0. The molecule has 1 amide bonds. The highest BCUT2D eigenvalue weighted by atomic mass is 16.7. The molecule has 0 aliphatic carbocycles. The second kappa shape index (κ2) is 27.3. The molecule has 0 bridgehead atoms. The highest BCUT2D eigenvalue weighted by Crippen LogP contribution is 2.18. The van der Waals surface area contributed by atoms with Gasteiger partial charge in [-0.3, -0.25) is 4.84 Å². The highest BCUT2D eigenvalue weighted by molar-refractivity contribution is 5.67. The number of hydrogen-bond acceptors (Lipinski definition) is 5. The van der Waals surface area contributed by atoms with Gasteiger partial charge in [0.2, 0.25) is 0 Å². The van der Waals surface area contributed by atoms with Crippen molar-refractivity contribution in [3.8, 4) is 0 Å². The van der Waals surface area contributed by atoms with Crippen molar-refractivity contribution in [2.24, 2.45) is 0 Å². The Bertz CT molecular complexity index is 502. The van der Waals surface area contributed by atoms with Crippen molar-refractivity contribution >= 4 is 6.09 Å². The Morgan fingerprint density at radius 2 is 1.13 bits per heavy atom. The number of unbranched alkanes of at least 4 members (excludes halogenated alkanes) is 16. The van der Waals surface area contributed by atoms with Crippen molar-refractivity contribution in [3.63, 3.8) is 0 Å². The van der Waals surface area contributed by atoms with E-state index in [0.29, 0.717) is 19.9 Å². The van der Waals surface area contributed by atoms with E-state index < -0.39 is 0 Å². The largest absolute Gasteiger partial charge is 0.446 e. The first-order valence-electron chi connectivity index (χ1n) is 16.7. The Balaban J connectivity index is 4.16. The van der Waals surface area contributed by atoms with Gasteiger partial charge in [0.15, 0.2) is 0 Å². The van der Waals surface area contributed by atoms with Gasteiger partial charge in [-0.05, 0) is 52.9 Å². The molecule has 0 aliphatic heterocycles. The summed E-state index contributed by atoms with van der Waals surface area (Å²) in [4.78, 5) is 18.1. The molecule has 0 atom stereocenters. The molecular weight excluding hydrogens is 488 g/mol. The molecule has 0 aromatic heterocycles. The third-order valence-corrected chi connectivity index (χ3v) is 7.11. The predicted octanol–water partition coefficient (Wildman–Crippen LogP) is 9.95. The molecule has 0 saturated carbocycles. The molecule has 0 aromatic carbocycles. The fourth-order valence-corrected chi connectivity index (χ4v) is 4.63. The molecule has 0 unspecified atom stereocenters. The average molecular weight is 557 g/mol. The summed E-state index contributed by atoms with van der Waals surface area (Å²) in [6.07, 6.45) is 26.2. The fraction of sp³-hybridized carbons (Fsp3) is 0.970. The van der Waals surface area contributed by atoms with Crippen LogP contribution >= 0.6 is 0 Å². The lowest BCUT2D eigenvalue weighted by Gasteiger charge is -2.24. The lowest BCUT2D eigenvalue weighted by molar-refractivity contribution is -0.213. The van der Waals surface area contributed by atoms with Gasteiger partial charge >= 0.3 is 6.09 Å². The molecule has 234 valence electrons. The Labute approximate surface area is 243 Å². The molecule has 0 aliphatic rings. The van der Waals surface area contributed by atoms with Crippen molar-refractivity contribution in [2.75, 3.05) is 26.9 Å². The van der Waals surface area contributed by atoms with Gasteiger partial charge in [0.25, 0.3) is 0 Å². The topological polar surface area (TPSA) is 60.0 Å². The lowest BCUT2D eigenvalue weighted by Crippen LogP contribution is -2.32. The number of hydroxylamine groups is 2. The number of nitrogens with zero attached hydrogens (tertiary/aromatic N) is 1. The summed E-state index contributed by atoms with van der Waals surface area (Å²) in [6.45, 7) is 12.1. The van der Waals surface area contributed by atoms with E-state index >= 15 is 0 Å². The van der Waals surface area contributed by atoms with Crippen molar-refractivity contribution in [1.29, 1.82) is 0 Å². The van der Waals surface area contributed by atoms with E-state index in [1.807, 2.05) is 27.8 Å². The number of ether oxygens (including phenoxy) is 2. The van der Waals surface area contributed by atoms with Crippen LogP contribution in [-0.2, 0) is 14.3 Å². The summed E-state index contributed by atoms with van der Waals surface area (Å²) < 4.78 is 11.6. The SMILES string of the molecule is CCCCCCCCCCCC(CCCCCCCCCCC)OC(=O)NCCCON(C)COC(C)(C)C. The molecular formula is C33H68N2O4. The van der Waals surface area contributed by atoms with Gasteiger partial charge in [-0.1, -0.05) is 117 Å². The second-order valence-electron chi connectivity index (χ2n) is 12.4. The van der Waals surface area contributed by atoms with Gasteiger partial charge < -0.3 is 14.8 Å². The third kappa shape index (κ3) is 29.9. The molecule has 6 heteroatoms. The van der Waals surface area contributed by atoms with E-state index in [-0.39, 0.29) is 17.8 Å². The Kier molecular flexibility index (Phi) is 26.7. The van der Waals surface area contributed by atoms with Crippen LogP contribution in [0.2, 0.25) is 0 Å². The van der Waals surface area contributed by atoms with Crippen LogP contribution in [-0.4, -0.2) is 49.8 Å². The minimum atomic E-state index is -0.281. The second-order valence-corrected chi connectivity index (χ2v) is 12.4. The molecule has 1 N–H and O–H groups in total. The summed E-state index contributed by atoms with van der Waals surface area (Å²) in [5, 5.41) is 4.61. The maximum atomic E-state index is 12.5. The number of nitrogens with one attached hydrogen (secondary N) is 1. The molecule has 0 rings (SSSR count). The van der Waals surface area contributed by atoms with Crippen LogP contribution in [0.4, 0.5) is 4.79 Å². The van der Waals surface area contributed by atoms with Crippen LogP contribution in [0.25, 0.3) is 0 Å². The number of carbonyl (C=O) groups is 1. The number of carbonyl (C=O) groups excluding carboxylic acids is 1. The number of alkyl carbamates (subject to hydrolysis) is 1. The molecule has 0 heterocycles. The zero-order valence-electron chi connectivity index (χ0n) is 27.1. The van der Waals surface area contributed by atoms with E-state index in [4.69, 9.17) is 14.3 Å². The zero-order chi connectivity index (χ0) is 29.0. The Morgan fingerprint density at radius 3 is 1.56 bits per heavy atom. The highest BCUT2D eigenvalue weighted by Gasteiger charge is 2.14. The van der Waals surface area contributed by atoms with E-state index in [2.05, 4.69) is 19.2 Å². The van der Waals surface area contributed by atoms with Gasteiger partial charge in [-0.25, -0.2) is 4.79 Å². The van der Waals surface area contributed by atoms with Gasteiger partial charge in [-0.15, -0.1) is 0 Å². The quantitative estimate of drug-likeness (QED) is 0.0590. The Morgan fingerprint density at radius 1 is 0.692 bits per heavy atom. The molecule has 0 fully saturated rings. The first kappa shape index (κ1) is 38.1. The third-order valence-electron chi connectivity index (χ3n) is 7.11. The summed E-state index contributed by atoms with van der Waals surface area (Å²) in [6, 6.07) is 0.